The highest BCUT2D eigenvalue weighted by molar-refractivity contribution is 7.80. The van der Waals surface area contributed by atoms with Crippen molar-refractivity contribution in [3.8, 4) is 0 Å². The van der Waals surface area contributed by atoms with Crippen LogP contribution in [-0.2, 0) is 4.79 Å². The van der Waals surface area contributed by atoms with Gasteiger partial charge in [0.05, 0.1) is 4.92 Å². The van der Waals surface area contributed by atoms with Gasteiger partial charge in [-0.05, 0) is 17.7 Å². The molecule has 0 bridgehead atoms. The van der Waals surface area contributed by atoms with Crippen LogP contribution in [0, 0.1) is 16.0 Å². The van der Waals surface area contributed by atoms with Gasteiger partial charge in [0.2, 0.25) is 11.7 Å². The molecule has 1 saturated heterocycles. The number of thiol groups is 1. The molecule has 1 fully saturated rings. The van der Waals surface area contributed by atoms with Gasteiger partial charge in [0.25, 0.3) is 0 Å². The number of aromatic nitrogens is 1. The Kier molecular flexibility index (Phi) is 3.28. The molecular weight excluding hydrogens is 242 g/mol. The molecule has 1 aromatic heterocycles. The van der Waals surface area contributed by atoms with E-state index in [1.165, 1.54) is 23.2 Å². The SMILES string of the molecule is O=C1CC(CS)CN1c1ncccc1[N+](=O)[O-]. The molecule has 1 amide bonds. The van der Waals surface area contributed by atoms with Crippen molar-refractivity contribution in [1.29, 1.82) is 0 Å². The third-order valence-electron chi connectivity index (χ3n) is 2.68. The van der Waals surface area contributed by atoms with Crippen LogP contribution in [0.3, 0.4) is 0 Å². The van der Waals surface area contributed by atoms with Crippen LogP contribution in [0.25, 0.3) is 0 Å². The molecule has 6 nitrogen and oxygen atoms in total. The summed E-state index contributed by atoms with van der Waals surface area (Å²) in [4.78, 5) is 27.4. The first-order valence-electron chi connectivity index (χ1n) is 5.14. The normalized spacial score (nSPS) is 19.7. The van der Waals surface area contributed by atoms with Gasteiger partial charge >= 0.3 is 5.69 Å². The molecule has 7 heteroatoms. The Balaban J connectivity index is 2.35. The van der Waals surface area contributed by atoms with E-state index in [0.29, 0.717) is 18.7 Å². The molecule has 1 atom stereocenters. The van der Waals surface area contributed by atoms with Crippen molar-refractivity contribution in [3.05, 3.63) is 28.4 Å². The maximum atomic E-state index is 11.7. The van der Waals surface area contributed by atoms with Crippen molar-refractivity contribution in [2.45, 2.75) is 6.42 Å². The molecule has 2 heterocycles. The van der Waals surface area contributed by atoms with Crippen molar-refractivity contribution >= 4 is 30.0 Å². The zero-order valence-electron chi connectivity index (χ0n) is 8.94. The van der Waals surface area contributed by atoms with Gasteiger partial charge in [0.1, 0.15) is 0 Å². The molecular formula is C10H11N3O3S. The van der Waals surface area contributed by atoms with Gasteiger partial charge in [-0.15, -0.1) is 0 Å². The topological polar surface area (TPSA) is 76.3 Å². The Morgan fingerprint density at radius 3 is 3.00 bits per heavy atom. The number of anilines is 1. The highest BCUT2D eigenvalue weighted by Gasteiger charge is 2.34. The predicted molar refractivity (Wildman–Crippen MR) is 65.2 cm³/mol. The zero-order chi connectivity index (χ0) is 12.4. The van der Waals surface area contributed by atoms with E-state index < -0.39 is 4.92 Å². The summed E-state index contributed by atoms with van der Waals surface area (Å²) in [6, 6.07) is 2.84. The molecule has 1 aliphatic rings. The third kappa shape index (κ3) is 2.23. The van der Waals surface area contributed by atoms with Gasteiger partial charge in [-0.25, -0.2) is 4.98 Å². The van der Waals surface area contributed by atoms with Crippen LogP contribution in [0.5, 0.6) is 0 Å². The molecule has 90 valence electrons. The number of hydrogen-bond donors (Lipinski definition) is 1. The number of carbonyl (C=O) groups is 1. The first kappa shape index (κ1) is 11.8. The standard InChI is InChI=1S/C10H11N3O3S/c14-9-4-7(6-17)5-12(9)10-8(13(15)16)2-1-3-11-10/h1-3,7,17H,4-6H2. The van der Waals surface area contributed by atoms with Gasteiger partial charge in [0, 0.05) is 25.2 Å². The molecule has 2 rings (SSSR count). The number of amides is 1. The van der Waals surface area contributed by atoms with E-state index in [1.807, 2.05) is 0 Å². The van der Waals surface area contributed by atoms with E-state index in [1.54, 1.807) is 0 Å². The van der Waals surface area contributed by atoms with Crippen LogP contribution in [0.15, 0.2) is 18.3 Å². The van der Waals surface area contributed by atoms with Crippen molar-refractivity contribution in [2.75, 3.05) is 17.2 Å². The number of carbonyl (C=O) groups excluding carboxylic acids is 1. The van der Waals surface area contributed by atoms with Crippen molar-refractivity contribution in [1.82, 2.24) is 4.98 Å². The average molecular weight is 253 g/mol. The van der Waals surface area contributed by atoms with Crippen LogP contribution < -0.4 is 4.90 Å². The largest absolute Gasteiger partial charge is 0.312 e. The first-order valence-corrected chi connectivity index (χ1v) is 5.77. The summed E-state index contributed by atoms with van der Waals surface area (Å²) >= 11 is 4.14. The second-order valence-electron chi connectivity index (χ2n) is 3.86. The second-order valence-corrected chi connectivity index (χ2v) is 4.23. The summed E-state index contributed by atoms with van der Waals surface area (Å²) in [5.74, 6) is 0.716. The zero-order valence-corrected chi connectivity index (χ0v) is 9.84. The highest BCUT2D eigenvalue weighted by Crippen LogP contribution is 2.30. The van der Waals surface area contributed by atoms with Crippen LogP contribution >= 0.6 is 12.6 Å². The summed E-state index contributed by atoms with van der Waals surface area (Å²) in [5.41, 5.74) is -0.138. The van der Waals surface area contributed by atoms with Crippen molar-refractivity contribution in [2.24, 2.45) is 5.92 Å². The van der Waals surface area contributed by atoms with Gasteiger partial charge in [-0.1, -0.05) is 0 Å². The van der Waals surface area contributed by atoms with Crippen LogP contribution in [0.1, 0.15) is 6.42 Å². The molecule has 0 spiro atoms. The van der Waals surface area contributed by atoms with E-state index >= 15 is 0 Å². The minimum atomic E-state index is -0.524. The summed E-state index contributed by atoms with van der Waals surface area (Å²) < 4.78 is 0. The van der Waals surface area contributed by atoms with Gasteiger partial charge in [-0.2, -0.15) is 12.6 Å². The average Bonchev–Trinajstić information content (AvgIpc) is 2.70. The number of nitrogens with zero attached hydrogens (tertiary/aromatic N) is 3. The van der Waals surface area contributed by atoms with E-state index in [9.17, 15) is 14.9 Å². The lowest BCUT2D eigenvalue weighted by atomic mass is 10.1. The predicted octanol–water partition coefficient (Wildman–Crippen LogP) is 1.27. The van der Waals surface area contributed by atoms with Gasteiger partial charge < -0.3 is 0 Å². The quantitative estimate of drug-likeness (QED) is 0.500. The molecule has 0 aliphatic carbocycles. The van der Waals surface area contributed by atoms with Gasteiger partial charge in [0.15, 0.2) is 0 Å². The second kappa shape index (κ2) is 4.70. The minimum absolute atomic E-state index is 0.131. The van der Waals surface area contributed by atoms with Gasteiger partial charge in [-0.3, -0.25) is 19.8 Å². The third-order valence-corrected chi connectivity index (χ3v) is 3.20. The maximum Gasteiger partial charge on any atom is 0.312 e. The smallest absolute Gasteiger partial charge is 0.291 e. The number of hydrogen-bond acceptors (Lipinski definition) is 5. The molecule has 0 aromatic carbocycles. The Hall–Kier alpha value is -1.63. The van der Waals surface area contributed by atoms with Crippen molar-refractivity contribution in [3.63, 3.8) is 0 Å². The Bertz CT molecular complexity index is 466. The minimum Gasteiger partial charge on any atom is -0.291 e. The van der Waals surface area contributed by atoms with Crippen LogP contribution in [-0.4, -0.2) is 28.1 Å². The fraction of sp³-hybridized carbons (Fsp3) is 0.400. The van der Waals surface area contributed by atoms with E-state index in [0.717, 1.165) is 0 Å². The lowest BCUT2D eigenvalue weighted by molar-refractivity contribution is -0.384. The van der Waals surface area contributed by atoms with E-state index in [-0.39, 0.29) is 23.3 Å². The summed E-state index contributed by atoms with van der Waals surface area (Å²) in [6.07, 6.45) is 1.82. The lowest BCUT2D eigenvalue weighted by Crippen LogP contribution is -2.26. The summed E-state index contributed by atoms with van der Waals surface area (Å²) in [5, 5.41) is 10.8. The number of nitro groups is 1. The van der Waals surface area contributed by atoms with E-state index in [4.69, 9.17) is 0 Å². The molecule has 0 saturated carbocycles. The Morgan fingerprint density at radius 1 is 1.65 bits per heavy atom. The fourth-order valence-electron chi connectivity index (χ4n) is 1.85. The number of pyridine rings is 1. The number of rotatable bonds is 3. The Labute approximate surface area is 103 Å². The first-order chi connectivity index (χ1) is 8.13. The molecule has 1 aromatic rings. The monoisotopic (exact) mass is 253 g/mol. The molecule has 1 aliphatic heterocycles. The van der Waals surface area contributed by atoms with Crippen molar-refractivity contribution < 1.29 is 9.72 Å². The fourth-order valence-corrected chi connectivity index (χ4v) is 2.09. The van der Waals surface area contributed by atoms with E-state index in [2.05, 4.69) is 17.6 Å². The Morgan fingerprint density at radius 2 is 2.41 bits per heavy atom. The highest BCUT2D eigenvalue weighted by atomic mass is 32.1. The molecule has 1 unspecified atom stereocenters. The summed E-state index contributed by atoms with van der Waals surface area (Å²) in [6.45, 7) is 0.445. The van der Waals surface area contributed by atoms with Crippen LogP contribution in [0.4, 0.5) is 11.5 Å². The molecule has 0 N–H and O–H groups in total. The lowest BCUT2D eigenvalue weighted by Gasteiger charge is -2.14. The molecule has 0 radical (unpaired) electrons. The summed E-state index contributed by atoms with van der Waals surface area (Å²) in [7, 11) is 0. The maximum absolute atomic E-state index is 11.7. The molecule has 17 heavy (non-hydrogen) atoms. The van der Waals surface area contributed by atoms with Crippen LogP contribution in [0.2, 0.25) is 0 Å².